The Labute approximate surface area is 142 Å². The largest absolute Gasteiger partial charge is 0.338 e. The quantitative estimate of drug-likeness (QED) is 0.888. The summed E-state index contributed by atoms with van der Waals surface area (Å²) in [5.74, 6) is 1.49. The number of thiazole rings is 1. The Morgan fingerprint density at radius 3 is 2.91 bits per heavy atom. The Hall–Kier alpha value is -1.14. The molecule has 3 rings (SSSR count). The van der Waals surface area contributed by atoms with Crippen LogP contribution < -0.4 is 10.6 Å². The summed E-state index contributed by atoms with van der Waals surface area (Å²) < 4.78 is 0. The fraction of sp³-hybridized carbons (Fsp3) is 0.765. The normalized spacial score (nSPS) is 22.6. The lowest BCUT2D eigenvalue weighted by molar-refractivity contribution is 0.211. The van der Waals surface area contributed by atoms with Crippen molar-refractivity contribution in [3.8, 4) is 0 Å². The number of aryl methyl sites for hydroxylation is 1. The number of amides is 2. The van der Waals surface area contributed by atoms with E-state index in [0.717, 1.165) is 42.8 Å². The molecule has 1 aromatic rings. The van der Waals surface area contributed by atoms with E-state index in [0.29, 0.717) is 0 Å². The average Bonchev–Trinajstić information content (AvgIpc) is 2.90. The molecule has 1 saturated heterocycles. The number of piperidine rings is 1. The molecule has 1 unspecified atom stereocenters. The number of anilines is 1. The molecule has 1 aromatic heterocycles. The zero-order valence-electron chi connectivity index (χ0n) is 14.2. The van der Waals surface area contributed by atoms with Gasteiger partial charge in [0, 0.05) is 11.4 Å². The second-order valence-corrected chi connectivity index (χ2v) is 8.24. The van der Waals surface area contributed by atoms with E-state index in [-0.39, 0.29) is 6.03 Å². The maximum absolute atomic E-state index is 12.0. The number of urea groups is 1. The van der Waals surface area contributed by atoms with Gasteiger partial charge < -0.3 is 10.2 Å². The molecular weight excluding hydrogens is 308 g/mol. The van der Waals surface area contributed by atoms with Crippen molar-refractivity contribution in [3.05, 3.63) is 10.6 Å². The van der Waals surface area contributed by atoms with Gasteiger partial charge in [-0.2, -0.15) is 0 Å². The molecule has 23 heavy (non-hydrogen) atoms. The van der Waals surface area contributed by atoms with Crippen LogP contribution >= 0.6 is 11.3 Å². The van der Waals surface area contributed by atoms with Crippen LogP contribution in [0.15, 0.2) is 0 Å². The van der Waals surface area contributed by atoms with Crippen LogP contribution in [0.3, 0.4) is 0 Å². The zero-order chi connectivity index (χ0) is 16.2. The van der Waals surface area contributed by atoms with Gasteiger partial charge in [-0.1, -0.05) is 6.92 Å². The summed E-state index contributed by atoms with van der Waals surface area (Å²) in [6.07, 6.45) is 6.93. The maximum atomic E-state index is 12.0. The van der Waals surface area contributed by atoms with E-state index in [2.05, 4.69) is 34.5 Å². The molecule has 0 aromatic carbocycles. The van der Waals surface area contributed by atoms with Crippen LogP contribution in [0.5, 0.6) is 0 Å². The Morgan fingerprint density at radius 2 is 2.13 bits per heavy atom. The smallest absolute Gasteiger partial charge is 0.321 e. The Balaban J connectivity index is 1.39. The number of aromatic nitrogens is 1. The molecule has 0 bridgehead atoms. The third-order valence-corrected chi connectivity index (χ3v) is 6.12. The van der Waals surface area contributed by atoms with Gasteiger partial charge in [0.05, 0.1) is 5.69 Å². The zero-order valence-corrected chi connectivity index (χ0v) is 15.0. The number of carbonyl (C=O) groups excluding carboxylic acids is 1. The van der Waals surface area contributed by atoms with Gasteiger partial charge >= 0.3 is 6.03 Å². The van der Waals surface area contributed by atoms with Crippen LogP contribution in [0, 0.1) is 11.8 Å². The molecule has 1 aliphatic heterocycles. The van der Waals surface area contributed by atoms with Crippen molar-refractivity contribution in [1.82, 2.24) is 15.2 Å². The van der Waals surface area contributed by atoms with Gasteiger partial charge in [0.2, 0.25) is 0 Å². The minimum atomic E-state index is -0.114. The lowest BCUT2D eigenvalue weighted by atomic mass is 9.93. The van der Waals surface area contributed by atoms with Gasteiger partial charge in [-0.05, 0) is 70.5 Å². The summed E-state index contributed by atoms with van der Waals surface area (Å²) in [6, 6.07) is -0.114. The molecule has 2 heterocycles. The predicted molar refractivity (Wildman–Crippen MR) is 95.2 cm³/mol. The highest BCUT2D eigenvalue weighted by molar-refractivity contribution is 7.15. The molecule has 1 fully saturated rings. The van der Waals surface area contributed by atoms with Crippen LogP contribution in [0.25, 0.3) is 0 Å². The maximum Gasteiger partial charge on any atom is 0.321 e. The van der Waals surface area contributed by atoms with Gasteiger partial charge in [-0.25, -0.2) is 9.78 Å². The second-order valence-electron chi connectivity index (χ2n) is 7.15. The summed E-state index contributed by atoms with van der Waals surface area (Å²) >= 11 is 1.64. The summed E-state index contributed by atoms with van der Waals surface area (Å²) in [4.78, 5) is 20.3. The number of nitrogens with one attached hydrogen (secondary N) is 2. The Morgan fingerprint density at radius 1 is 1.35 bits per heavy atom. The van der Waals surface area contributed by atoms with Crippen molar-refractivity contribution in [2.24, 2.45) is 11.8 Å². The van der Waals surface area contributed by atoms with Crippen molar-refractivity contribution in [2.45, 2.75) is 45.4 Å². The summed E-state index contributed by atoms with van der Waals surface area (Å²) in [6.45, 7) is 5.40. The number of hydrogen-bond donors (Lipinski definition) is 2. The highest BCUT2D eigenvalue weighted by Crippen LogP contribution is 2.32. The third-order valence-electron chi connectivity index (χ3n) is 5.08. The van der Waals surface area contributed by atoms with Crippen molar-refractivity contribution in [3.63, 3.8) is 0 Å². The van der Waals surface area contributed by atoms with Crippen molar-refractivity contribution < 1.29 is 4.79 Å². The van der Waals surface area contributed by atoms with Gasteiger partial charge in [0.15, 0.2) is 5.13 Å². The fourth-order valence-electron chi connectivity index (χ4n) is 3.48. The molecule has 2 amide bonds. The minimum Gasteiger partial charge on any atom is -0.338 e. The van der Waals surface area contributed by atoms with Crippen LogP contribution in [-0.4, -0.2) is 42.6 Å². The number of fused-ring (bicyclic) bond motifs is 1. The molecule has 1 aliphatic carbocycles. The second kappa shape index (κ2) is 7.62. The summed E-state index contributed by atoms with van der Waals surface area (Å²) in [5.41, 5.74) is 1.19. The van der Waals surface area contributed by atoms with Gasteiger partial charge in [-0.3, -0.25) is 5.32 Å². The van der Waals surface area contributed by atoms with Gasteiger partial charge in [-0.15, -0.1) is 11.3 Å². The van der Waals surface area contributed by atoms with Crippen LogP contribution in [0.2, 0.25) is 0 Å². The van der Waals surface area contributed by atoms with Crippen molar-refractivity contribution in [1.29, 1.82) is 0 Å². The number of likely N-dealkylation sites (tertiary alicyclic amines) is 1. The standard InChI is InChI=1S/C17H28N4OS/c1-12-3-4-14-15(11-12)23-17(19-14)20-16(22)18-8-5-13-6-9-21(2)10-7-13/h12-13H,3-11H2,1-2H3,(H2,18,19,20,22). The van der Waals surface area contributed by atoms with Crippen LogP contribution in [0.1, 0.15) is 43.2 Å². The van der Waals surface area contributed by atoms with E-state index in [1.165, 1.54) is 42.9 Å². The van der Waals surface area contributed by atoms with Gasteiger partial charge in [0.25, 0.3) is 0 Å². The molecule has 5 nitrogen and oxygen atoms in total. The molecule has 2 N–H and O–H groups in total. The number of nitrogens with zero attached hydrogens (tertiary/aromatic N) is 2. The monoisotopic (exact) mass is 336 g/mol. The van der Waals surface area contributed by atoms with E-state index < -0.39 is 0 Å². The van der Waals surface area contributed by atoms with Crippen LogP contribution in [0.4, 0.5) is 9.93 Å². The lowest BCUT2D eigenvalue weighted by Gasteiger charge is -2.28. The molecule has 1 atom stereocenters. The highest BCUT2D eigenvalue weighted by Gasteiger charge is 2.20. The first-order chi connectivity index (χ1) is 11.1. The van der Waals surface area contributed by atoms with E-state index in [1.807, 2.05) is 0 Å². The number of rotatable bonds is 4. The highest BCUT2D eigenvalue weighted by atomic mass is 32.1. The molecule has 0 radical (unpaired) electrons. The average molecular weight is 337 g/mol. The van der Waals surface area contributed by atoms with E-state index in [4.69, 9.17) is 0 Å². The minimum absolute atomic E-state index is 0.114. The summed E-state index contributed by atoms with van der Waals surface area (Å²) in [7, 11) is 2.18. The van der Waals surface area contributed by atoms with E-state index in [1.54, 1.807) is 11.3 Å². The molecular formula is C17H28N4OS. The first kappa shape index (κ1) is 16.7. The molecule has 128 valence electrons. The fourth-order valence-corrected chi connectivity index (χ4v) is 4.64. The van der Waals surface area contributed by atoms with Crippen molar-refractivity contribution in [2.75, 3.05) is 32.0 Å². The summed E-state index contributed by atoms with van der Waals surface area (Å²) in [5, 5.41) is 6.64. The van der Waals surface area contributed by atoms with Crippen molar-refractivity contribution >= 4 is 22.5 Å². The van der Waals surface area contributed by atoms with Gasteiger partial charge in [0.1, 0.15) is 0 Å². The third kappa shape index (κ3) is 4.67. The topological polar surface area (TPSA) is 57.3 Å². The first-order valence-corrected chi connectivity index (χ1v) is 9.64. The first-order valence-electron chi connectivity index (χ1n) is 8.82. The van der Waals surface area contributed by atoms with E-state index >= 15 is 0 Å². The SMILES string of the molecule is CC1CCc2nc(NC(=O)NCCC3CCN(C)CC3)sc2C1. The lowest BCUT2D eigenvalue weighted by Crippen LogP contribution is -2.34. The molecule has 6 heteroatoms. The molecule has 0 spiro atoms. The molecule has 2 aliphatic rings. The predicted octanol–water partition coefficient (Wildman–Crippen LogP) is 3.12. The van der Waals surface area contributed by atoms with E-state index in [9.17, 15) is 4.79 Å². The Kier molecular flexibility index (Phi) is 5.54. The molecule has 0 saturated carbocycles. The number of hydrogen-bond acceptors (Lipinski definition) is 4. The van der Waals surface area contributed by atoms with Crippen LogP contribution in [-0.2, 0) is 12.8 Å². The Bertz CT molecular complexity index is 537. The number of carbonyl (C=O) groups is 1.